The van der Waals surface area contributed by atoms with Crippen LogP contribution in [0.2, 0.25) is 0 Å². The van der Waals surface area contributed by atoms with Gasteiger partial charge in [0.15, 0.2) is 0 Å². The molecule has 0 saturated carbocycles. The van der Waals surface area contributed by atoms with Crippen LogP contribution in [-0.4, -0.2) is 44.8 Å². The third-order valence-electron chi connectivity index (χ3n) is 5.34. The number of carbonyl (C=O) groups excluding carboxylic acids is 2. The minimum absolute atomic E-state index is 0.0722. The van der Waals surface area contributed by atoms with E-state index in [4.69, 9.17) is 0 Å². The topological polar surface area (TPSA) is 75.2 Å². The number of rotatable bonds is 3. The molecular formula is C20H22N4O2. The molecule has 26 heavy (non-hydrogen) atoms. The van der Waals surface area contributed by atoms with Crippen LogP contribution in [0.4, 0.5) is 0 Å². The van der Waals surface area contributed by atoms with E-state index in [2.05, 4.69) is 15.3 Å². The standard InChI is InChI=1S/C20H22N4O2/c1-13-11-22-18(12-21-13)19(25)23-15-9-16-7-8-17(10-15)24(16)20(26)14-5-3-2-4-6-14/h2-6,11-12,15-17H,7-10H2,1H3,(H,23,25)/t15?,16-,17+. The van der Waals surface area contributed by atoms with Gasteiger partial charge >= 0.3 is 0 Å². The van der Waals surface area contributed by atoms with E-state index in [1.54, 1.807) is 6.20 Å². The minimum atomic E-state index is -0.190. The maximum absolute atomic E-state index is 12.9. The third kappa shape index (κ3) is 3.19. The second-order valence-corrected chi connectivity index (χ2v) is 7.15. The molecule has 134 valence electrons. The molecule has 2 aromatic rings. The van der Waals surface area contributed by atoms with Gasteiger partial charge in [0, 0.05) is 29.9 Å². The summed E-state index contributed by atoms with van der Waals surface area (Å²) >= 11 is 0. The summed E-state index contributed by atoms with van der Waals surface area (Å²) in [6.07, 6.45) is 6.69. The summed E-state index contributed by atoms with van der Waals surface area (Å²) in [4.78, 5) is 35.6. The predicted molar refractivity (Wildman–Crippen MR) is 96.7 cm³/mol. The summed E-state index contributed by atoms with van der Waals surface area (Å²) in [7, 11) is 0. The highest BCUT2D eigenvalue weighted by molar-refractivity contribution is 5.95. The van der Waals surface area contributed by atoms with Crippen LogP contribution in [0, 0.1) is 6.92 Å². The van der Waals surface area contributed by atoms with Crippen LogP contribution in [0.15, 0.2) is 42.7 Å². The van der Waals surface area contributed by atoms with Crippen LogP contribution in [0.25, 0.3) is 0 Å². The Morgan fingerprint density at radius 2 is 1.73 bits per heavy atom. The Balaban J connectivity index is 1.42. The van der Waals surface area contributed by atoms with Crippen molar-refractivity contribution in [2.45, 2.75) is 50.7 Å². The molecule has 4 rings (SSSR count). The normalized spacial score (nSPS) is 24.3. The number of nitrogens with zero attached hydrogens (tertiary/aromatic N) is 3. The molecule has 1 unspecified atom stereocenters. The highest BCUT2D eigenvalue weighted by atomic mass is 16.2. The van der Waals surface area contributed by atoms with E-state index in [0.29, 0.717) is 5.69 Å². The Morgan fingerprint density at radius 3 is 2.35 bits per heavy atom. The van der Waals surface area contributed by atoms with E-state index >= 15 is 0 Å². The Labute approximate surface area is 152 Å². The second kappa shape index (κ2) is 6.86. The fourth-order valence-electron chi connectivity index (χ4n) is 4.13. The lowest BCUT2D eigenvalue weighted by molar-refractivity contribution is 0.0549. The number of aryl methyl sites for hydroxylation is 1. The zero-order chi connectivity index (χ0) is 18.1. The van der Waals surface area contributed by atoms with Crippen LogP contribution < -0.4 is 5.32 Å². The Kier molecular flexibility index (Phi) is 4.41. The van der Waals surface area contributed by atoms with Crippen LogP contribution in [0.3, 0.4) is 0 Å². The van der Waals surface area contributed by atoms with Crippen molar-refractivity contribution in [2.24, 2.45) is 0 Å². The quantitative estimate of drug-likeness (QED) is 0.922. The number of piperidine rings is 1. The van der Waals surface area contributed by atoms with E-state index in [9.17, 15) is 9.59 Å². The van der Waals surface area contributed by atoms with Crippen LogP contribution >= 0.6 is 0 Å². The monoisotopic (exact) mass is 350 g/mol. The van der Waals surface area contributed by atoms with E-state index < -0.39 is 0 Å². The number of benzene rings is 1. The van der Waals surface area contributed by atoms with Gasteiger partial charge in [-0.1, -0.05) is 18.2 Å². The molecule has 3 atom stereocenters. The summed E-state index contributed by atoms with van der Waals surface area (Å²) in [5.41, 5.74) is 1.86. The lowest BCUT2D eigenvalue weighted by atomic mass is 9.96. The fraction of sp³-hybridized carbons (Fsp3) is 0.400. The lowest BCUT2D eigenvalue weighted by Gasteiger charge is -2.39. The smallest absolute Gasteiger partial charge is 0.271 e. The van der Waals surface area contributed by atoms with Crippen LogP contribution in [0.5, 0.6) is 0 Å². The van der Waals surface area contributed by atoms with E-state index in [-0.39, 0.29) is 29.9 Å². The van der Waals surface area contributed by atoms with Crippen molar-refractivity contribution < 1.29 is 9.59 Å². The van der Waals surface area contributed by atoms with Crippen molar-refractivity contribution in [3.63, 3.8) is 0 Å². The van der Waals surface area contributed by atoms with Crippen molar-refractivity contribution in [3.8, 4) is 0 Å². The minimum Gasteiger partial charge on any atom is -0.348 e. The molecular weight excluding hydrogens is 328 g/mol. The van der Waals surface area contributed by atoms with Crippen molar-refractivity contribution in [1.29, 1.82) is 0 Å². The van der Waals surface area contributed by atoms with E-state index in [1.807, 2.05) is 42.2 Å². The van der Waals surface area contributed by atoms with Gasteiger partial charge < -0.3 is 10.2 Å². The van der Waals surface area contributed by atoms with Crippen LogP contribution in [-0.2, 0) is 0 Å². The number of aromatic nitrogens is 2. The molecule has 6 nitrogen and oxygen atoms in total. The highest BCUT2D eigenvalue weighted by Gasteiger charge is 2.43. The highest BCUT2D eigenvalue weighted by Crippen LogP contribution is 2.36. The first kappa shape index (κ1) is 16.7. The fourth-order valence-corrected chi connectivity index (χ4v) is 4.13. The van der Waals surface area contributed by atoms with Gasteiger partial charge in [0.2, 0.25) is 0 Å². The second-order valence-electron chi connectivity index (χ2n) is 7.15. The zero-order valence-corrected chi connectivity index (χ0v) is 14.8. The molecule has 0 aliphatic carbocycles. The van der Waals surface area contributed by atoms with E-state index in [1.165, 1.54) is 6.20 Å². The van der Waals surface area contributed by atoms with Crippen molar-refractivity contribution in [1.82, 2.24) is 20.2 Å². The van der Waals surface area contributed by atoms with Crippen molar-refractivity contribution in [3.05, 3.63) is 59.7 Å². The largest absolute Gasteiger partial charge is 0.348 e. The number of hydrogen-bond donors (Lipinski definition) is 1. The number of carbonyl (C=O) groups is 2. The Bertz CT molecular complexity index is 792. The molecule has 2 saturated heterocycles. The molecule has 3 heterocycles. The molecule has 1 aromatic heterocycles. The molecule has 2 amide bonds. The molecule has 1 N–H and O–H groups in total. The Morgan fingerprint density at radius 1 is 1.04 bits per heavy atom. The summed E-state index contributed by atoms with van der Waals surface area (Å²) < 4.78 is 0. The first-order valence-electron chi connectivity index (χ1n) is 9.09. The van der Waals surface area contributed by atoms with Gasteiger partial charge in [0.05, 0.1) is 11.9 Å². The van der Waals surface area contributed by atoms with Gasteiger partial charge in [-0.2, -0.15) is 0 Å². The molecule has 0 spiro atoms. The summed E-state index contributed by atoms with van der Waals surface area (Å²) in [5, 5.41) is 3.08. The van der Waals surface area contributed by atoms with E-state index in [0.717, 1.165) is 36.9 Å². The number of amides is 2. The van der Waals surface area contributed by atoms with Crippen LogP contribution in [0.1, 0.15) is 52.2 Å². The average Bonchev–Trinajstić information content (AvgIpc) is 2.93. The molecule has 6 heteroatoms. The van der Waals surface area contributed by atoms with Gasteiger partial charge in [-0.3, -0.25) is 14.6 Å². The molecule has 2 bridgehead atoms. The van der Waals surface area contributed by atoms with Gasteiger partial charge in [-0.25, -0.2) is 4.98 Å². The molecule has 2 fully saturated rings. The Hall–Kier alpha value is -2.76. The number of hydrogen-bond acceptors (Lipinski definition) is 4. The molecule has 2 aliphatic heterocycles. The molecule has 0 radical (unpaired) electrons. The lowest BCUT2D eigenvalue weighted by Crippen LogP contribution is -2.52. The van der Waals surface area contributed by atoms with Gasteiger partial charge in [0.1, 0.15) is 5.69 Å². The third-order valence-corrected chi connectivity index (χ3v) is 5.34. The average molecular weight is 350 g/mol. The zero-order valence-electron chi connectivity index (χ0n) is 14.8. The first-order valence-corrected chi connectivity index (χ1v) is 9.09. The molecule has 2 aliphatic rings. The number of fused-ring (bicyclic) bond motifs is 2. The van der Waals surface area contributed by atoms with Gasteiger partial charge in [-0.15, -0.1) is 0 Å². The van der Waals surface area contributed by atoms with Gasteiger partial charge in [0.25, 0.3) is 11.8 Å². The van der Waals surface area contributed by atoms with Crippen molar-refractivity contribution in [2.75, 3.05) is 0 Å². The SMILES string of the molecule is Cc1cnc(C(=O)NC2C[C@H]3CC[C@@H](C2)N3C(=O)c2ccccc2)cn1. The van der Waals surface area contributed by atoms with Gasteiger partial charge in [-0.05, 0) is 44.7 Å². The summed E-state index contributed by atoms with van der Waals surface area (Å²) in [6.45, 7) is 1.84. The maximum atomic E-state index is 12.9. The summed E-state index contributed by atoms with van der Waals surface area (Å²) in [6, 6.07) is 9.89. The first-order chi connectivity index (χ1) is 12.6. The predicted octanol–water partition coefficient (Wildman–Crippen LogP) is 2.35. The summed E-state index contributed by atoms with van der Waals surface area (Å²) in [5.74, 6) is -0.0861. The maximum Gasteiger partial charge on any atom is 0.271 e. The van der Waals surface area contributed by atoms with Crippen molar-refractivity contribution >= 4 is 11.8 Å². The number of nitrogens with one attached hydrogen (secondary N) is 1. The molecule has 1 aromatic carbocycles.